The van der Waals surface area contributed by atoms with E-state index in [0.29, 0.717) is 23.3 Å². The van der Waals surface area contributed by atoms with Gasteiger partial charge in [0.1, 0.15) is 0 Å². The molecule has 6 nitrogen and oxygen atoms in total. The van der Waals surface area contributed by atoms with Crippen LogP contribution in [0.2, 0.25) is 0 Å². The summed E-state index contributed by atoms with van der Waals surface area (Å²) >= 11 is 1.45. The smallest absolute Gasteiger partial charge is 0.279 e. The van der Waals surface area contributed by atoms with E-state index >= 15 is 0 Å². The minimum atomic E-state index is -3.69. The number of aromatic nitrogens is 1. The summed E-state index contributed by atoms with van der Waals surface area (Å²) < 4.78 is 30.7. The Morgan fingerprint density at radius 3 is 2.56 bits per heavy atom. The molecule has 0 spiro atoms. The van der Waals surface area contributed by atoms with Crippen LogP contribution in [0.4, 0.5) is 5.69 Å². The summed E-state index contributed by atoms with van der Waals surface area (Å²) in [4.78, 5) is 17.8. The van der Waals surface area contributed by atoms with Gasteiger partial charge in [0.05, 0.1) is 20.8 Å². The molecule has 3 aromatic carbocycles. The van der Waals surface area contributed by atoms with E-state index in [1.807, 2.05) is 54.9 Å². The normalized spacial score (nSPS) is 14.2. The molecule has 0 atom stereocenters. The number of sulfonamides is 1. The van der Waals surface area contributed by atoms with E-state index < -0.39 is 15.9 Å². The molecule has 0 aliphatic carbocycles. The molecule has 2 heterocycles. The van der Waals surface area contributed by atoms with Crippen LogP contribution in [0.1, 0.15) is 21.5 Å². The van der Waals surface area contributed by atoms with Gasteiger partial charge < -0.3 is 4.57 Å². The van der Waals surface area contributed by atoms with Gasteiger partial charge in [-0.15, -0.1) is 0 Å². The first-order valence-corrected chi connectivity index (χ1v) is 12.5. The van der Waals surface area contributed by atoms with Crippen molar-refractivity contribution in [3.05, 3.63) is 88.2 Å². The van der Waals surface area contributed by atoms with E-state index in [2.05, 4.69) is 11.1 Å². The third-order valence-corrected chi connectivity index (χ3v) is 8.62. The van der Waals surface area contributed by atoms with Gasteiger partial charge in [0.15, 0.2) is 4.80 Å². The summed E-state index contributed by atoms with van der Waals surface area (Å²) in [5, 5.41) is 0. The molecular formula is C24H21N3O3S2. The SMILES string of the molecule is Cc1ccc2c(c1)sc(=NC(=O)c1ccc(S(=O)(=O)N3CCc4ccccc43)cc1)n2C. The average molecular weight is 464 g/mol. The van der Waals surface area contributed by atoms with Crippen LogP contribution < -0.4 is 9.11 Å². The van der Waals surface area contributed by atoms with Crippen molar-refractivity contribution in [2.24, 2.45) is 12.0 Å². The number of carbonyl (C=O) groups excluding carboxylic acids is 1. The first-order valence-electron chi connectivity index (χ1n) is 10.2. The van der Waals surface area contributed by atoms with E-state index in [0.717, 1.165) is 27.0 Å². The molecule has 0 bridgehead atoms. The molecule has 5 rings (SSSR count). The fourth-order valence-electron chi connectivity index (χ4n) is 3.95. The van der Waals surface area contributed by atoms with E-state index in [4.69, 9.17) is 0 Å². The maximum Gasteiger partial charge on any atom is 0.279 e. The monoisotopic (exact) mass is 463 g/mol. The van der Waals surface area contributed by atoms with Crippen molar-refractivity contribution in [1.82, 2.24) is 4.57 Å². The highest BCUT2D eigenvalue weighted by molar-refractivity contribution is 7.92. The van der Waals surface area contributed by atoms with E-state index in [1.165, 1.54) is 39.9 Å². The Balaban J connectivity index is 1.45. The van der Waals surface area contributed by atoms with Crippen LogP contribution in [0.15, 0.2) is 76.6 Å². The molecule has 32 heavy (non-hydrogen) atoms. The van der Waals surface area contributed by atoms with Crippen molar-refractivity contribution in [2.45, 2.75) is 18.2 Å². The topological polar surface area (TPSA) is 71.7 Å². The van der Waals surface area contributed by atoms with Crippen molar-refractivity contribution in [2.75, 3.05) is 10.8 Å². The quantitative estimate of drug-likeness (QED) is 0.460. The molecule has 0 radical (unpaired) electrons. The Morgan fingerprint density at radius 1 is 1.03 bits per heavy atom. The summed E-state index contributed by atoms with van der Waals surface area (Å²) in [6, 6.07) is 19.6. The number of carbonyl (C=O) groups is 1. The van der Waals surface area contributed by atoms with Gasteiger partial charge >= 0.3 is 0 Å². The Hall–Kier alpha value is -3.23. The van der Waals surface area contributed by atoms with Gasteiger partial charge in [-0.05, 0) is 66.9 Å². The highest BCUT2D eigenvalue weighted by Crippen LogP contribution is 2.32. The van der Waals surface area contributed by atoms with Gasteiger partial charge in [0, 0.05) is 19.2 Å². The van der Waals surface area contributed by atoms with Crippen LogP contribution in [-0.2, 0) is 23.5 Å². The lowest BCUT2D eigenvalue weighted by Crippen LogP contribution is -2.29. The number of amides is 1. The van der Waals surface area contributed by atoms with Crippen molar-refractivity contribution in [3.63, 3.8) is 0 Å². The van der Waals surface area contributed by atoms with E-state index in [9.17, 15) is 13.2 Å². The Bertz CT molecular complexity index is 1530. The third-order valence-electron chi connectivity index (χ3n) is 5.70. The van der Waals surface area contributed by atoms with Crippen LogP contribution >= 0.6 is 11.3 Å². The lowest BCUT2D eigenvalue weighted by atomic mass is 10.2. The molecule has 1 aliphatic heterocycles. The van der Waals surface area contributed by atoms with Gasteiger partial charge in [-0.3, -0.25) is 9.10 Å². The minimum Gasteiger partial charge on any atom is -0.319 e. The Labute approximate surface area is 190 Å². The lowest BCUT2D eigenvalue weighted by molar-refractivity contribution is 0.0998. The van der Waals surface area contributed by atoms with Crippen molar-refractivity contribution in [3.8, 4) is 0 Å². The average Bonchev–Trinajstić information content (AvgIpc) is 3.35. The molecule has 1 aliphatic rings. The van der Waals surface area contributed by atoms with Gasteiger partial charge in [-0.25, -0.2) is 8.42 Å². The highest BCUT2D eigenvalue weighted by Gasteiger charge is 2.30. The first kappa shape index (κ1) is 20.7. The number of para-hydroxylation sites is 1. The first-order chi connectivity index (χ1) is 15.3. The number of hydrogen-bond donors (Lipinski definition) is 0. The van der Waals surface area contributed by atoms with E-state index in [1.54, 1.807) is 0 Å². The summed E-state index contributed by atoms with van der Waals surface area (Å²) in [6.45, 7) is 2.44. The summed E-state index contributed by atoms with van der Waals surface area (Å²) in [5.41, 5.74) is 4.25. The number of hydrogen-bond acceptors (Lipinski definition) is 4. The maximum absolute atomic E-state index is 13.2. The summed E-state index contributed by atoms with van der Waals surface area (Å²) in [7, 11) is -1.81. The predicted octanol–water partition coefficient (Wildman–Crippen LogP) is 4.04. The molecule has 0 unspecified atom stereocenters. The number of rotatable bonds is 3. The zero-order valence-corrected chi connectivity index (χ0v) is 19.3. The minimum absolute atomic E-state index is 0.161. The number of benzene rings is 3. The van der Waals surface area contributed by atoms with Crippen LogP contribution in [0.25, 0.3) is 10.2 Å². The van der Waals surface area contributed by atoms with Crippen molar-refractivity contribution < 1.29 is 13.2 Å². The van der Waals surface area contributed by atoms with Crippen molar-refractivity contribution >= 4 is 43.2 Å². The lowest BCUT2D eigenvalue weighted by Gasteiger charge is -2.19. The fraction of sp³-hybridized carbons (Fsp3) is 0.167. The molecule has 8 heteroatoms. The Kier molecular flexibility index (Phi) is 4.98. The molecule has 0 N–H and O–H groups in total. The predicted molar refractivity (Wildman–Crippen MR) is 127 cm³/mol. The third kappa shape index (κ3) is 3.45. The van der Waals surface area contributed by atoms with Gasteiger partial charge in [0.25, 0.3) is 15.9 Å². The van der Waals surface area contributed by atoms with Crippen LogP contribution in [0.3, 0.4) is 0 Å². The largest absolute Gasteiger partial charge is 0.319 e. The standard InChI is InChI=1S/C24H21N3O3S2/c1-16-7-12-21-22(15-16)31-24(26(21)2)25-23(28)18-8-10-19(11-9-18)32(29,30)27-14-13-17-5-3-4-6-20(17)27/h3-12,15H,13-14H2,1-2H3. The number of nitrogens with zero attached hydrogens (tertiary/aromatic N) is 3. The van der Waals surface area contributed by atoms with Gasteiger partial charge in [-0.2, -0.15) is 4.99 Å². The number of aryl methyl sites for hydroxylation is 2. The number of fused-ring (bicyclic) bond motifs is 2. The van der Waals surface area contributed by atoms with Crippen molar-refractivity contribution in [1.29, 1.82) is 0 Å². The molecular weight excluding hydrogens is 442 g/mol. The number of anilines is 1. The van der Waals surface area contributed by atoms with Gasteiger partial charge in [-0.1, -0.05) is 35.6 Å². The molecule has 1 aromatic heterocycles. The highest BCUT2D eigenvalue weighted by atomic mass is 32.2. The molecule has 4 aromatic rings. The number of thiazole rings is 1. The summed E-state index contributed by atoms with van der Waals surface area (Å²) in [5.74, 6) is -0.403. The molecule has 162 valence electrons. The van der Waals surface area contributed by atoms with E-state index in [-0.39, 0.29) is 4.90 Å². The zero-order chi connectivity index (χ0) is 22.5. The second-order valence-electron chi connectivity index (χ2n) is 7.81. The Morgan fingerprint density at radius 2 is 1.78 bits per heavy atom. The zero-order valence-electron chi connectivity index (χ0n) is 17.6. The molecule has 0 saturated carbocycles. The fourth-order valence-corrected chi connectivity index (χ4v) is 6.57. The van der Waals surface area contributed by atoms with Gasteiger partial charge in [0.2, 0.25) is 0 Å². The van der Waals surface area contributed by atoms with Crippen LogP contribution in [0, 0.1) is 6.92 Å². The molecule has 0 saturated heterocycles. The van der Waals surface area contributed by atoms with Crippen LogP contribution in [0.5, 0.6) is 0 Å². The molecule has 0 fully saturated rings. The second-order valence-corrected chi connectivity index (χ2v) is 10.7. The second kappa shape index (κ2) is 7.72. The maximum atomic E-state index is 13.2. The summed E-state index contributed by atoms with van der Waals surface area (Å²) in [6.07, 6.45) is 0.691. The van der Waals surface area contributed by atoms with Crippen LogP contribution in [-0.4, -0.2) is 25.4 Å². The molecule has 1 amide bonds.